The van der Waals surface area contributed by atoms with Gasteiger partial charge < -0.3 is 14.8 Å². The largest absolute Gasteiger partial charge is 0.493 e. The molecule has 3 rings (SSSR count). The van der Waals surface area contributed by atoms with Crippen LogP contribution >= 0.6 is 11.3 Å². The Morgan fingerprint density at radius 2 is 1.81 bits per heavy atom. The lowest BCUT2D eigenvalue weighted by molar-refractivity contribution is 0.102. The normalized spacial score (nSPS) is 11.2. The second-order valence-corrected chi connectivity index (χ2v) is 8.75. The third-order valence-corrected chi connectivity index (χ3v) is 6.24. The number of amides is 1. The van der Waals surface area contributed by atoms with Crippen LogP contribution in [-0.2, 0) is 16.6 Å². The van der Waals surface area contributed by atoms with Gasteiger partial charge in [0, 0.05) is 12.1 Å². The van der Waals surface area contributed by atoms with E-state index in [1.807, 2.05) is 0 Å². The Labute approximate surface area is 180 Å². The Morgan fingerprint density at radius 3 is 2.48 bits per heavy atom. The minimum Gasteiger partial charge on any atom is -0.493 e. The van der Waals surface area contributed by atoms with Gasteiger partial charge >= 0.3 is 0 Å². The minimum atomic E-state index is -3.92. The van der Waals surface area contributed by atoms with E-state index < -0.39 is 27.6 Å². The van der Waals surface area contributed by atoms with Crippen molar-refractivity contribution in [3.05, 3.63) is 58.0 Å². The van der Waals surface area contributed by atoms with Gasteiger partial charge in [0.1, 0.15) is 16.6 Å². The van der Waals surface area contributed by atoms with Crippen molar-refractivity contribution in [1.82, 2.24) is 14.9 Å². The van der Waals surface area contributed by atoms with E-state index in [2.05, 4.69) is 20.2 Å². The molecule has 9 nitrogen and oxygen atoms in total. The van der Waals surface area contributed by atoms with Crippen molar-refractivity contribution >= 4 is 33.0 Å². The highest BCUT2D eigenvalue weighted by molar-refractivity contribution is 7.89. The highest BCUT2D eigenvalue weighted by Gasteiger charge is 2.19. The smallest absolute Gasteiger partial charge is 0.286 e. The number of methoxy groups -OCH3 is 2. The first-order valence-electron chi connectivity index (χ1n) is 8.54. The number of rotatable bonds is 8. The fourth-order valence-corrected chi connectivity index (χ4v) is 4.18. The standard InChI is InChI=1S/C18H16F2N4O5S2/c1-28-14-6-4-11(8-15(14)29-2)31(26,27)21-9-16-23-24-18(30-16)17(25)22-13-5-3-10(19)7-12(13)20/h3-8,21H,9H2,1-2H3,(H,22,25). The Balaban J connectivity index is 1.67. The van der Waals surface area contributed by atoms with E-state index in [1.54, 1.807) is 0 Å². The number of carbonyl (C=O) groups is 1. The number of carbonyl (C=O) groups excluding carboxylic acids is 1. The zero-order valence-corrected chi connectivity index (χ0v) is 17.8. The molecule has 0 aliphatic rings. The molecule has 0 saturated carbocycles. The van der Waals surface area contributed by atoms with Gasteiger partial charge in [-0.25, -0.2) is 21.9 Å². The molecule has 31 heavy (non-hydrogen) atoms. The maximum atomic E-state index is 13.7. The number of anilines is 1. The number of hydrogen-bond acceptors (Lipinski definition) is 8. The first-order valence-corrected chi connectivity index (χ1v) is 10.8. The number of aromatic nitrogens is 2. The van der Waals surface area contributed by atoms with E-state index in [0.29, 0.717) is 11.8 Å². The Bertz CT molecular complexity index is 1220. The molecule has 13 heteroatoms. The molecule has 0 radical (unpaired) electrons. The lowest BCUT2D eigenvalue weighted by Gasteiger charge is -2.10. The first kappa shape index (κ1) is 22.5. The van der Waals surface area contributed by atoms with Gasteiger partial charge in [-0.2, -0.15) is 0 Å². The van der Waals surface area contributed by atoms with Crippen molar-refractivity contribution in [2.75, 3.05) is 19.5 Å². The summed E-state index contributed by atoms with van der Waals surface area (Å²) < 4.78 is 64.2. The lowest BCUT2D eigenvalue weighted by Crippen LogP contribution is -2.23. The average Bonchev–Trinajstić information content (AvgIpc) is 3.23. The van der Waals surface area contributed by atoms with Gasteiger partial charge in [-0.05, 0) is 24.3 Å². The molecule has 1 amide bonds. The number of nitrogens with zero attached hydrogens (tertiary/aromatic N) is 2. The van der Waals surface area contributed by atoms with Crippen LogP contribution in [0, 0.1) is 11.6 Å². The van der Waals surface area contributed by atoms with Gasteiger partial charge in [0.05, 0.1) is 31.3 Å². The van der Waals surface area contributed by atoms with Crippen LogP contribution in [0.25, 0.3) is 0 Å². The monoisotopic (exact) mass is 470 g/mol. The van der Waals surface area contributed by atoms with Gasteiger partial charge in [0.25, 0.3) is 5.91 Å². The van der Waals surface area contributed by atoms with Crippen molar-refractivity contribution in [3.8, 4) is 11.5 Å². The molecule has 0 saturated heterocycles. The van der Waals surface area contributed by atoms with Crippen molar-refractivity contribution in [3.63, 3.8) is 0 Å². The van der Waals surface area contributed by atoms with Crippen LogP contribution in [0.2, 0.25) is 0 Å². The molecular formula is C18H16F2N4O5S2. The zero-order valence-electron chi connectivity index (χ0n) is 16.2. The molecule has 2 N–H and O–H groups in total. The van der Waals surface area contributed by atoms with Gasteiger partial charge in [-0.1, -0.05) is 11.3 Å². The van der Waals surface area contributed by atoms with E-state index in [0.717, 1.165) is 23.5 Å². The van der Waals surface area contributed by atoms with Crippen LogP contribution in [0.3, 0.4) is 0 Å². The number of sulfonamides is 1. The summed E-state index contributed by atoms with van der Waals surface area (Å²) in [7, 11) is -1.11. The molecule has 0 aliphatic carbocycles. The minimum absolute atomic E-state index is 0.0561. The molecule has 0 unspecified atom stereocenters. The second-order valence-electron chi connectivity index (χ2n) is 5.92. The topological polar surface area (TPSA) is 120 Å². The molecule has 0 bridgehead atoms. The third kappa shape index (κ3) is 5.31. The summed E-state index contributed by atoms with van der Waals surface area (Å²) in [5, 5.41) is 9.76. The molecular weight excluding hydrogens is 454 g/mol. The van der Waals surface area contributed by atoms with Gasteiger partial charge in [-0.15, -0.1) is 10.2 Å². The fourth-order valence-electron chi connectivity index (χ4n) is 2.41. The summed E-state index contributed by atoms with van der Waals surface area (Å²) in [5.74, 6) is -1.87. The van der Waals surface area contributed by atoms with Gasteiger partial charge in [0.15, 0.2) is 11.5 Å². The summed E-state index contributed by atoms with van der Waals surface area (Å²) >= 11 is 0.816. The van der Waals surface area contributed by atoms with Gasteiger partial charge in [-0.3, -0.25) is 4.79 Å². The first-order chi connectivity index (χ1) is 14.7. The summed E-state index contributed by atoms with van der Waals surface area (Å²) in [6.45, 7) is -0.230. The van der Waals surface area contributed by atoms with Gasteiger partial charge in [0.2, 0.25) is 15.0 Å². The van der Waals surface area contributed by atoms with Crippen molar-refractivity contribution in [1.29, 1.82) is 0 Å². The molecule has 0 spiro atoms. The van der Waals surface area contributed by atoms with Crippen LogP contribution in [0.4, 0.5) is 14.5 Å². The molecule has 164 valence electrons. The molecule has 0 fully saturated rings. The van der Waals surface area contributed by atoms with E-state index in [4.69, 9.17) is 9.47 Å². The Morgan fingerprint density at radius 1 is 1.06 bits per heavy atom. The number of ether oxygens (including phenoxy) is 2. The highest BCUT2D eigenvalue weighted by atomic mass is 32.2. The number of halogens is 2. The van der Waals surface area contributed by atoms with E-state index in [1.165, 1.54) is 32.4 Å². The maximum Gasteiger partial charge on any atom is 0.286 e. The molecule has 1 heterocycles. The summed E-state index contributed by atoms with van der Waals surface area (Å²) in [4.78, 5) is 12.1. The number of nitrogens with one attached hydrogen (secondary N) is 2. The van der Waals surface area contributed by atoms with E-state index in [9.17, 15) is 22.0 Å². The van der Waals surface area contributed by atoms with Crippen molar-refractivity contribution in [2.45, 2.75) is 11.4 Å². The average molecular weight is 470 g/mol. The molecule has 0 aliphatic heterocycles. The molecule has 0 atom stereocenters. The predicted molar refractivity (Wildman–Crippen MR) is 108 cm³/mol. The van der Waals surface area contributed by atoms with Crippen molar-refractivity contribution < 1.29 is 31.5 Å². The number of hydrogen-bond donors (Lipinski definition) is 2. The number of benzene rings is 2. The van der Waals surface area contributed by atoms with Crippen LogP contribution < -0.4 is 19.5 Å². The second kappa shape index (κ2) is 9.32. The quantitative estimate of drug-likeness (QED) is 0.519. The van der Waals surface area contributed by atoms with Crippen LogP contribution in [0.15, 0.2) is 41.3 Å². The van der Waals surface area contributed by atoms with E-state index >= 15 is 0 Å². The summed E-state index contributed by atoms with van der Waals surface area (Å²) in [6.07, 6.45) is 0. The summed E-state index contributed by atoms with van der Waals surface area (Å²) in [5.41, 5.74) is -0.225. The van der Waals surface area contributed by atoms with Crippen LogP contribution in [0.5, 0.6) is 11.5 Å². The predicted octanol–water partition coefficient (Wildman–Crippen LogP) is 2.56. The van der Waals surface area contributed by atoms with Crippen LogP contribution in [0.1, 0.15) is 14.8 Å². The Kier molecular flexibility index (Phi) is 6.77. The SMILES string of the molecule is COc1ccc(S(=O)(=O)NCc2nnc(C(=O)Nc3ccc(F)cc3F)s2)cc1OC. The zero-order chi connectivity index (χ0) is 22.6. The summed E-state index contributed by atoms with van der Waals surface area (Å²) in [6, 6.07) is 6.80. The van der Waals surface area contributed by atoms with Crippen molar-refractivity contribution in [2.24, 2.45) is 0 Å². The molecule has 2 aromatic carbocycles. The molecule has 1 aromatic heterocycles. The maximum absolute atomic E-state index is 13.7. The molecule has 3 aromatic rings. The van der Waals surface area contributed by atoms with E-state index in [-0.39, 0.29) is 32.9 Å². The highest BCUT2D eigenvalue weighted by Crippen LogP contribution is 2.29. The van der Waals surface area contributed by atoms with Crippen LogP contribution in [-0.4, -0.2) is 38.7 Å². The third-order valence-electron chi connectivity index (χ3n) is 3.92. The fraction of sp³-hybridized carbons (Fsp3) is 0.167. The lowest BCUT2D eigenvalue weighted by atomic mass is 10.3. The Hall–Kier alpha value is -3.16.